The summed E-state index contributed by atoms with van der Waals surface area (Å²) in [6.45, 7) is 14.9. The molecule has 0 aromatic carbocycles. The molecular formula is C15H33NO2. The molecule has 3 heteroatoms. The van der Waals surface area contributed by atoms with E-state index in [2.05, 4.69) is 25.7 Å². The molecule has 3 nitrogen and oxygen atoms in total. The molecule has 0 saturated heterocycles. The van der Waals surface area contributed by atoms with Crippen LogP contribution >= 0.6 is 0 Å². The van der Waals surface area contributed by atoms with E-state index in [4.69, 9.17) is 4.74 Å². The summed E-state index contributed by atoms with van der Waals surface area (Å²) in [7, 11) is 0. The monoisotopic (exact) mass is 259 g/mol. The number of ether oxygens (including phenoxy) is 1. The first-order valence-corrected chi connectivity index (χ1v) is 7.36. The average molecular weight is 259 g/mol. The van der Waals surface area contributed by atoms with Crippen molar-refractivity contribution in [3.8, 4) is 0 Å². The Morgan fingerprint density at radius 2 is 1.83 bits per heavy atom. The summed E-state index contributed by atoms with van der Waals surface area (Å²) in [6, 6.07) is 0.529. The SMILES string of the molecule is CCCCN(CC(O)COC(C)(C)C)C(C)CC. The van der Waals surface area contributed by atoms with Crippen LogP contribution in [0, 0.1) is 0 Å². The van der Waals surface area contributed by atoms with E-state index in [0.29, 0.717) is 19.2 Å². The topological polar surface area (TPSA) is 32.7 Å². The molecule has 0 amide bonds. The van der Waals surface area contributed by atoms with Crippen LogP contribution < -0.4 is 0 Å². The van der Waals surface area contributed by atoms with Crippen LogP contribution in [0.3, 0.4) is 0 Å². The summed E-state index contributed by atoms with van der Waals surface area (Å²) in [6.07, 6.45) is 3.12. The highest BCUT2D eigenvalue weighted by Gasteiger charge is 2.18. The first-order chi connectivity index (χ1) is 8.30. The molecule has 0 bridgehead atoms. The van der Waals surface area contributed by atoms with E-state index in [1.54, 1.807) is 0 Å². The molecule has 0 aromatic rings. The van der Waals surface area contributed by atoms with Crippen molar-refractivity contribution in [3.05, 3.63) is 0 Å². The van der Waals surface area contributed by atoms with Crippen LogP contribution in [0.5, 0.6) is 0 Å². The molecule has 0 rings (SSSR count). The van der Waals surface area contributed by atoms with Gasteiger partial charge in [-0.2, -0.15) is 0 Å². The van der Waals surface area contributed by atoms with Gasteiger partial charge in [-0.3, -0.25) is 4.90 Å². The van der Waals surface area contributed by atoms with Gasteiger partial charge in [0.25, 0.3) is 0 Å². The van der Waals surface area contributed by atoms with E-state index < -0.39 is 6.10 Å². The van der Waals surface area contributed by atoms with Gasteiger partial charge >= 0.3 is 0 Å². The maximum atomic E-state index is 10.1. The van der Waals surface area contributed by atoms with Gasteiger partial charge in [0.05, 0.1) is 18.3 Å². The zero-order chi connectivity index (χ0) is 14.2. The Bertz CT molecular complexity index is 201. The van der Waals surface area contributed by atoms with Crippen molar-refractivity contribution in [3.63, 3.8) is 0 Å². The van der Waals surface area contributed by atoms with Crippen molar-refractivity contribution in [1.29, 1.82) is 0 Å². The number of rotatable bonds is 9. The van der Waals surface area contributed by atoms with E-state index in [1.165, 1.54) is 12.8 Å². The van der Waals surface area contributed by atoms with Crippen molar-refractivity contribution < 1.29 is 9.84 Å². The Balaban J connectivity index is 4.13. The van der Waals surface area contributed by atoms with Crippen LogP contribution in [-0.2, 0) is 4.74 Å². The zero-order valence-electron chi connectivity index (χ0n) is 13.2. The van der Waals surface area contributed by atoms with Crippen molar-refractivity contribution in [2.75, 3.05) is 19.7 Å². The molecule has 2 atom stereocenters. The Hall–Kier alpha value is -0.120. The second kappa shape index (κ2) is 8.89. The number of aliphatic hydroxyl groups excluding tert-OH is 1. The smallest absolute Gasteiger partial charge is 0.0900 e. The Morgan fingerprint density at radius 3 is 2.28 bits per heavy atom. The maximum absolute atomic E-state index is 10.1. The molecule has 0 saturated carbocycles. The highest BCUT2D eigenvalue weighted by molar-refractivity contribution is 4.71. The normalized spacial score (nSPS) is 16.0. The van der Waals surface area contributed by atoms with Crippen LogP contribution in [0.15, 0.2) is 0 Å². The van der Waals surface area contributed by atoms with E-state index in [9.17, 15) is 5.11 Å². The summed E-state index contributed by atoms with van der Waals surface area (Å²) < 4.78 is 5.63. The second-order valence-corrected chi connectivity index (χ2v) is 6.18. The molecule has 0 fully saturated rings. The van der Waals surface area contributed by atoms with Crippen molar-refractivity contribution in [1.82, 2.24) is 4.90 Å². The fourth-order valence-electron chi connectivity index (χ4n) is 1.78. The first-order valence-electron chi connectivity index (χ1n) is 7.36. The number of aliphatic hydroxyl groups is 1. The summed E-state index contributed by atoms with van der Waals surface area (Å²) in [5.41, 5.74) is -0.175. The lowest BCUT2D eigenvalue weighted by molar-refractivity contribution is -0.0586. The van der Waals surface area contributed by atoms with Gasteiger partial charge in [-0.25, -0.2) is 0 Å². The van der Waals surface area contributed by atoms with Crippen molar-refractivity contribution in [2.24, 2.45) is 0 Å². The van der Waals surface area contributed by atoms with Crippen LogP contribution in [0.1, 0.15) is 60.8 Å². The molecule has 0 aliphatic rings. The van der Waals surface area contributed by atoms with Gasteiger partial charge in [-0.1, -0.05) is 20.3 Å². The van der Waals surface area contributed by atoms with Crippen LogP contribution in [0.4, 0.5) is 0 Å². The van der Waals surface area contributed by atoms with Gasteiger partial charge in [0, 0.05) is 12.6 Å². The molecule has 0 aliphatic heterocycles. The quantitative estimate of drug-likeness (QED) is 0.691. The average Bonchev–Trinajstić information content (AvgIpc) is 2.30. The number of hydrogen-bond donors (Lipinski definition) is 1. The number of hydrogen-bond acceptors (Lipinski definition) is 3. The third kappa shape index (κ3) is 8.90. The van der Waals surface area contributed by atoms with E-state index in [-0.39, 0.29) is 5.60 Å². The minimum atomic E-state index is -0.393. The second-order valence-electron chi connectivity index (χ2n) is 6.18. The third-order valence-corrected chi connectivity index (χ3v) is 3.17. The molecule has 110 valence electrons. The molecular weight excluding hydrogens is 226 g/mol. The van der Waals surface area contributed by atoms with E-state index in [1.807, 2.05) is 20.8 Å². The summed E-state index contributed by atoms with van der Waals surface area (Å²) in [5, 5.41) is 10.1. The van der Waals surface area contributed by atoms with Gasteiger partial charge in [0.2, 0.25) is 0 Å². The van der Waals surface area contributed by atoms with Gasteiger partial charge in [0.15, 0.2) is 0 Å². The number of unbranched alkanes of at least 4 members (excludes halogenated alkanes) is 1. The fraction of sp³-hybridized carbons (Fsp3) is 1.00. The van der Waals surface area contributed by atoms with Gasteiger partial charge < -0.3 is 9.84 Å². The lowest BCUT2D eigenvalue weighted by atomic mass is 10.1. The minimum absolute atomic E-state index is 0.175. The molecule has 0 spiro atoms. The number of nitrogens with zero attached hydrogens (tertiary/aromatic N) is 1. The van der Waals surface area contributed by atoms with E-state index in [0.717, 1.165) is 13.0 Å². The fourth-order valence-corrected chi connectivity index (χ4v) is 1.78. The lowest BCUT2D eigenvalue weighted by Gasteiger charge is -2.31. The molecule has 18 heavy (non-hydrogen) atoms. The maximum Gasteiger partial charge on any atom is 0.0900 e. The molecule has 0 aromatic heterocycles. The molecule has 1 N–H and O–H groups in total. The minimum Gasteiger partial charge on any atom is -0.389 e. The van der Waals surface area contributed by atoms with Gasteiger partial charge in [-0.15, -0.1) is 0 Å². The summed E-state index contributed by atoms with van der Waals surface area (Å²) in [4.78, 5) is 2.38. The van der Waals surface area contributed by atoms with Crippen LogP contribution in [0.2, 0.25) is 0 Å². The van der Waals surface area contributed by atoms with E-state index >= 15 is 0 Å². The van der Waals surface area contributed by atoms with Gasteiger partial charge in [0.1, 0.15) is 0 Å². The molecule has 0 radical (unpaired) electrons. The highest BCUT2D eigenvalue weighted by atomic mass is 16.5. The molecule has 0 heterocycles. The molecule has 2 unspecified atom stereocenters. The molecule has 0 aliphatic carbocycles. The first kappa shape index (κ1) is 17.9. The summed E-state index contributed by atoms with van der Waals surface area (Å²) >= 11 is 0. The van der Waals surface area contributed by atoms with Crippen molar-refractivity contribution >= 4 is 0 Å². The predicted octanol–water partition coefficient (Wildman–Crippen LogP) is 3.06. The summed E-state index contributed by atoms with van der Waals surface area (Å²) in [5.74, 6) is 0. The third-order valence-electron chi connectivity index (χ3n) is 3.17. The van der Waals surface area contributed by atoms with Gasteiger partial charge in [-0.05, 0) is 47.1 Å². The van der Waals surface area contributed by atoms with Crippen LogP contribution in [0.25, 0.3) is 0 Å². The Morgan fingerprint density at radius 1 is 1.22 bits per heavy atom. The Kier molecular flexibility index (Phi) is 8.83. The zero-order valence-corrected chi connectivity index (χ0v) is 13.2. The van der Waals surface area contributed by atoms with Crippen LogP contribution in [-0.4, -0.2) is 47.4 Å². The Labute approximate surface area is 114 Å². The largest absolute Gasteiger partial charge is 0.389 e. The highest BCUT2D eigenvalue weighted by Crippen LogP contribution is 2.10. The standard InChI is InChI=1S/C15H33NO2/c1-7-9-10-16(13(3)8-2)11-14(17)12-18-15(4,5)6/h13-14,17H,7-12H2,1-6H3. The van der Waals surface area contributed by atoms with Crippen molar-refractivity contribution in [2.45, 2.75) is 78.6 Å². The lowest BCUT2D eigenvalue weighted by Crippen LogP contribution is -2.41. The predicted molar refractivity (Wildman–Crippen MR) is 77.9 cm³/mol.